The number of rotatable bonds is 3. The van der Waals surface area contributed by atoms with E-state index in [1.807, 2.05) is 6.92 Å². The zero-order valence-corrected chi connectivity index (χ0v) is 9.88. The van der Waals surface area contributed by atoms with Gasteiger partial charge in [0.1, 0.15) is 0 Å². The summed E-state index contributed by atoms with van der Waals surface area (Å²) in [5.74, 6) is 0.310. The van der Waals surface area contributed by atoms with Gasteiger partial charge < -0.3 is 10.4 Å². The maximum Gasteiger partial charge on any atom is 0.0768 e. The highest BCUT2D eigenvalue weighted by Gasteiger charge is 2.30. The molecule has 0 bridgehead atoms. The number of nitrogens with zero attached hydrogens (tertiary/aromatic N) is 1. The largest absolute Gasteiger partial charge is 0.389 e. The van der Waals surface area contributed by atoms with Gasteiger partial charge in [-0.25, -0.2) is 0 Å². The van der Waals surface area contributed by atoms with Crippen molar-refractivity contribution in [3.63, 3.8) is 0 Å². The molecule has 2 atom stereocenters. The van der Waals surface area contributed by atoms with Crippen molar-refractivity contribution in [1.82, 2.24) is 10.2 Å². The lowest BCUT2D eigenvalue weighted by atomic mass is 9.91. The highest BCUT2D eigenvalue weighted by Crippen LogP contribution is 2.19. The van der Waals surface area contributed by atoms with Crippen molar-refractivity contribution in [2.24, 2.45) is 5.92 Å². The topological polar surface area (TPSA) is 35.5 Å². The van der Waals surface area contributed by atoms with Gasteiger partial charge in [0, 0.05) is 32.2 Å². The van der Waals surface area contributed by atoms with Gasteiger partial charge in [-0.15, -0.1) is 0 Å². The number of aliphatic hydroxyl groups is 1. The van der Waals surface area contributed by atoms with E-state index < -0.39 is 5.60 Å². The first kappa shape index (κ1) is 12.0. The van der Waals surface area contributed by atoms with Crippen LogP contribution in [0.15, 0.2) is 0 Å². The average molecular weight is 200 g/mol. The standard InChI is InChI=1S/C11H24N2O/c1-9(2)11(4,14)8-13-6-5-12-7-10(13)3/h9-10,12,14H,5-8H2,1-4H3/t10-,11?/m0/s1. The van der Waals surface area contributed by atoms with E-state index in [9.17, 15) is 5.11 Å². The summed E-state index contributed by atoms with van der Waals surface area (Å²) in [5, 5.41) is 13.6. The van der Waals surface area contributed by atoms with Crippen LogP contribution in [0.1, 0.15) is 27.7 Å². The van der Waals surface area contributed by atoms with Crippen molar-refractivity contribution >= 4 is 0 Å². The molecular weight excluding hydrogens is 176 g/mol. The second-order valence-electron chi connectivity index (χ2n) is 5.04. The Balaban J connectivity index is 2.49. The second-order valence-corrected chi connectivity index (χ2v) is 5.04. The average Bonchev–Trinajstić information content (AvgIpc) is 2.08. The molecule has 0 saturated carbocycles. The van der Waals surface area contributed by atoms with Gasteiger partial charge in [0.15, 0.2) is 0 Å². The van der Waals surface area contributed by atoms with E-state index in [1.165, 1.54) is 0 Å². The van der Waals surface area contributed by atoms with Crippen molar-refractivity contribution in [1.29, 1.82) is 0 Å². The fourth-order valence-corrected chi connectivity index (χ4v) is 1.71. The SMILES string of the molecule is CC(C)C(C)(O)CN1CCNC[C@@H]1C. The molecule has 1 unspecified atom stereocenters. The van der Waals surface area contributed by atoms with Gasteiger partial charge in [0.25, 0.3) is 0 Å². The van der Waals surface area contributed by atoms with Crippen LogP contribution in [0.5, 0.6) is 0 Å². The smallest absolute Gasteiger partial charge is 0.0768 e. The summed E-state index contributed by atoms with van der Waals surface area (Å²) in [6, 6.07) is 0.536. The van der Waals surface area contributed by atoms with Gasteiger partial charge in [0.2, 0.25) is 0 Å². The summed E-state index contributed by atoms with van der Waals surface area (Å²) in [7, 11) is 0. The number of piperazine rings is 1. The van der Waals surface area contributed by atoms with Crippen LogP contribution in [-0.4, -0.2) is 47.8 Å². The maximum atomic E-state index is 10.2. The Hall–Kier alpha value is -0.120. The normalized spacial score (nSPS) is 29.1. The Morgan fingerprint density at radius 1 is 1.57 bits per heavy atom. The Morgan fingerprint density at radius 2 is 2.21 bits per heavy atom. The van der Waals surface area contributed by atoms with Crippen molar-refractivity contribution < 1.29 is 5.11 Å². The Labute approximate surface area is 87.5 Å². The molecule has 0 radical (unpaired) electrons. The monoisotopic (exact) mass is 200 g/mol. The first-order valence-electron chi connectivity index (χ1n) is 5.60. The highest BCUT2D eigenvalue weighted by atomic mass is 16.3. The van der Waals surface area contributed by atoms with Gasteiger partial charge in [-0.2, -0.15) is 0 Å². The van der Waals surface area contributed by atoms with Crippen LogP contribution in [0.25, 0.3) is 0 Å². The molecule has 14 heavy (non-hydrogen) atoms. The third kappa shape index (κ3) is 2.94. The molecule has 3 heteroatoms. The van der Waals surface area contributed by atoms with E-state index in [0.29, 0.717) is 12.0 Å². The highest BCUT2D eigenvalue weighted by molar-refractivity contribution is 4.85. The van der Waals surface area contributed by atoms with E-state index in [4.69, 9.17) is 0 Å². The molecule has 0 aliphatic carbocycles. The summed E-state index contributed by atoms with van der Waals surface area (Å²) in [5.41, 5.74) is -0.564. The summed E-state index contributed by atoms with van der Waals surface area (Å²) in [6.07, 6.45) is 0. The molecule has 0 aromatic carbocycles. The van der Waals surface area contributed by atoms with Crippen LogP contribution >= 0.6 is 0 Å². The minimum Gasteiger partial charge on any atom is -0.389 e. The van der Waals surface area contributed by atoms with Gasteiger partial charge in [-0.1, -0.05) is 13.8 Å². The second kappa shape index (κ2) is 4.60. The van der Waals surface area contributed by atoms with Crippen LogP contribution < -0.4 is 5.32 Å². The molecule has 0 aromatic rings. The molecule has 1 fully saturated rings. The van der Waals surface area contributed by atoms with Crippen LogP contribution in [0, 0.1) is 5.92 Å². The van der Waals surface area contributed by atoms with Gasteiger partial charge in [-0.3, -0.25) is 4.90 Å². The minimum atomic E-state index is -0.564. The van der Waals surface area contributed by atoms with Crippen molar-refractivity contribution in [2.75, 3.05) is 26.2 Å². The summed E-state index contributed by atoms with van der Waals surface area (Å²) < 4.78 is 0. The molecule has 0 aromatic heterocycles. The van der Waals surface area contributed by atoms with Crippen molar-refractivity contribution in [2.45, 2.75) is 39.3 Å². The molecule has 1 heterocycles. The lowest BCUT2D eigenvalue weighted by Gasteiger charge is -2.40. The zero-order chi connectivity index (χ0) is 10.8. The van der Waals surface area contributed by atoms with Crippen LogP contribution in [0.4, 0.5) is 0 Å². The summed E-state index contributed by atoms with van der Waals surface area (Å²) in [4.78, 5) is 2.37. The summed E-state index contributed by atoms with van der Waals surface area (Å²) in [6.45, 7) is 12.2. The van der Waals surface area contributed by atoms with E-state index >= 15 is 0 Å². The maximum absolute atomic E-state index is 10.2. The lowest BCUT2D eigenvalue weighted by molar-refractivity contribution is -0.0312. The molecule has 0 amide bonds. The number of hydrogen-bond acceptors (Lipinski definition) is 3. The molecule has 2 N–H and O–H groups in total. The molecule has 0 spiro atoms. The first-order chi connectivity index (χ1) is 6.43. The van der Waals surface area contributed by atoms with Crippen LogP contribution in [0.3, 0.4) is 0 Å². The van der Waals surface area contributed by atoms with Crippen LogP contribution in [-0.2, 0) is 0 Å². The van der Waals surface area contributed by atoms with E-state index in [-0.39, 0.29) is 0 Å². The Bertz CT molecular complexity index is 180. The third-order valence-corrected chi connectivity index (χ3v) is 3.41. The number of β-amino-alcohol motifs (C(OH)–C–C–N with tert-alkyl or cyclic N) is 1. The third-order valence-electron chi connectivity index (χ3n) is 3.41. The van der Waals surface area contributed by atoms with Gasteiger partial charge >= 0.3 is 0 Å². The molecule has 1 aliphatic heterocycles. The Morgan fingerprint density at radius 3 is 2.71 bits per heavy atom. The quantitative estimate of drug-likeness (QED) is 0.703. The van der Waals surface area contributed by atoms with E-state index in [0.717, 1.165) is 26.2 Å². The van der Waals surface area contributed by atoms with Crippen molar-refractivity contribution in [3.05, 3.63) is 0 Å². The molecule has 1 rings (SSSR count). The number of hydrogen-bond donors (Lipinski definition) is 2. The summed E-state index contributed by atoms with van der Waals surface area (Å²) >= 11 is 0. The minimum absolute atomic E-state index is 0.310. The molecule has 3 nitrogen and oxygen atoms in total. The lowest BCUT2D eigenvalue weighted by Crippen LogP contribution is -2.55. The zero-order valence-electron chi connectivity index (χ0n) is 9.88. The number of nitrogens with one attached hydrogen (secondary N) is 1. The van der Waals surface area contributed by atoms with Crippen molar-refractivity contribution in [3.8, 4) is 0 Å². The predicted molar refractivity (Wildman–Crippen MR) is 59.4 cm³/mol. The van der Waals surface area contributed by atoms with Gasteiger partial charge in [0.05, 0.1) is 5.60 Å². The molecular formula is C11H24N2O. The molecule has 1 aliphatic rings. The van der Waals surface area contributed by atoms with E-state index in [1.54, 1.807) is 0 Å². The molecule has 84 valence electrons. The van der Waals surface area contributed by atoms with Crippen LogP contribution in [0.2, 0.25) is 0 Å². The first-order valence-corrected chi connectivity index (χ1v) is 5.60. The van der Waals surface area contributed by atoms with E-state index in [2.05, 4.69) is 31.0 Å². The predicted octanol–water partition coefficient (Wildman–Crippen LogP) is 0.687. The fraction of sp³-hybridized carbons (Fsp3) is 1.00. The molecule has 1 saturated heterocycles. The fourth-order valence-electron chi connectivity index (χ4n) is 1.71. The Kier molecular flexibility index (Phi) is 3.93. The van der Waals surface area contributed by atoms with Gasteiger partial charge in [-0.05, 0) is 19.8 Å².